The first-order chi connectivity index (χ1) is 19.4. The van der Waals surface area contributed by atoms with Crippen LogP contribution in [0.15, 0.2) is 36.4 Å². The number of anilines is 1. The molecule has 220 valence electrons. The van der Waals surface area contributed by atoms with Gasteiger partial charge in [-0.15, -0.1) is 0 Å². The molecule has 0 amide bonds. The van der Waals surface area contributed by atoms with Crippen LogP contribution in [0.5, 0.6) is 11.5 Å². The van der Waals surface area contributed by atoms with Crippen molar-refractivity contribution in [2.75, 3.05) is 18.9 Å². The molecule has 1 unspecified atom stereocenters. The molecule has 0 aliphatic carbocycles. The zero-order valence-electron chi connectivity index (χ0n) is 24.4. The number of phosphoric ester groups is 1. The molecule has 0 aliphatic heterocycles. The van der Waals surface area contributed by atoms with Gasteiger partial charge in [0.15, 0.2) is 17.3 Å². The summed E-state index contributed by atoms with van der Waals surface area (Å²) in [6.45, 7) is 11.3. The highest BCUT2D eigenvalue weighted by Gasteiger charge is 2.24. The average molecular weight is 582 g/mol. The number of benzene rings is 2. The Morgan fingerprint density at radius 3 is 2.54 bits per heavy atom. The third kappa shape index (κ3) is 7.60. The number of hydrogen-bond donors (Lipinski definition) is 4. The second-order valence-electron chi connectivity index (χ2n) is 9.85. The van der Waals surface area contributed by atoms with Gasteiger partial charge in [-0.2, -0.15) is 0 Å². The summed E-state index contributed by atoms with van der Waals surface area (Å²) >= 11 is 0. The number of nitrogen functional groups attached to an aromatic ring is 1. The van der Waals surface area contributed by atoms with E-state index in [1.807, 2.05) is 50.5 Å². The Hall–Kier alpha value is -3.11. The molecule has 12 heteroatoms. The molecule has 0 bridgehead atoms. The molecule has 4 rings (SSSR count). The minimum atomic E-state index is -4.86. The zero-order chi connectivity index (χ0) is 30.4. The van der Waals surface area contributed by atoms with Gasteiger partial charge in [-0.3, -0.25) is 9.79 Å². The van der Waals surface area contributed by atoms with Crippen molar-refractivity contribution in [3.8, 4) is 11.5 Å². The quantitative estimate of drug-likeness (QED) is 0.0954. The Balaban J connectivity index is 0.00000226. The van der Waals surface area contributed by atoms with Gasteiger partial charge in [0, 0.05) is 30.6 Å². The highest BCUT2D eigenvalue weighted by Crippen LogP contribution is 2.43. The van der Waals surface area contributed by atoms with Crippen LogP contribution in [0.1, 0.15) is 70.8 Å². The highest BCUT2D eigenvalue weighted by atomic mass is 31.2. The Morgan fingerprint density at radius 1 is 1.15 bits per heavy atom. The minimum Gasteiger partial charge on any atom is -0.504 e. The first-order valence-electron chi connectivity index (χ1n) is 14.0. The topological polar surface area (TPSA) is 153 Å². The van der Waals surface area contributed by atoms with E-state index in [9.17, 15) is 19.5 Å². The van der Waals surface area contributed by atoms with E-state index in [0.717, 1.165) is 35.1 Å². The molecule has 2 aromatic heterocycles. The molecule has 0 saturated carbocycles. The van der Waals surface area contributed by atoms with E-state index >= 15 is 0 Å². The molecule has 0 saturated heterocycles. The van der Waals surface area contributed by atoms with Gasteiger partial charge in [-0.05, 0) is 48.8 Å². The SMILES string of the molecule is CC.[B]C(C)(CCOCC)c1ccc2nc(N)c3nc(CCCC)n(Cc4cccc(OP(=O)(O)O)c4O)c3c2c1. The molecule has 5 N–H and O–H groups in total. The lowest BCUT2D eigenvalue weighted by atomic mass is 9.63. The Kier molecular flexibility index (Phi) is 10.8. The van der Waals surface area contributed by atoms with Crippen molar-refractivity contribution in [3.05, 3.63) is 53.3 Å². The molecule has 2 heterocycles. The van der Waals surface area contributed by atoms with Crippen LogP contribution in [0, 0.1) is 0 Å². The Morgan fingerprint density at radius 2 is 1.88 bits per heavy atom. The number of ether oxygens (including phenoxy) is 1. The van der Waals surface area contributed by atoms with Crippen LogP contribution in [0.2, 0.25) is 0 Å². The number of nitrogens with two attached hydrogens (primary N) is 1. The van der Waals surface area contributed by atoms with Crippen molar-refractivity contribution in [1.29, 1.82) is 0 Å². The Bertz CT molecular complexity index is 1540. The van der Waals surface area contributed by atoms with Crippen molar-refractivity contribution >= 4 is 43.4 Å². The lowest BCUT2D eigenvalue weighted by Gasteiger charge is -2.26. The second-order valence-corrected chi connectivity index (χ2v) is 11.0. The van der Waals surface area contributed by atoms with Gasteiger partial charge >= 0.3 is 7.82 Å². The lowest BCUT2D eigenvalue weighted by molar-refractivity contribution is 0.137. The number of aromatic nitrogens is 3. The van der Waals surface area contributed by atoms with Gasteiger partial charge < -0.3 is 24.7 Å². The average Bonchev–Trinajstić information content (AvgIpc) is 3.29. The zero-order valence-corrected chi connectivity index (χ0v) is 25.3. The predicted octanol–water partition coefficient (Wildman–Crippen LogP) is 5.57. The summed E-state index contributed by atoms with van der Waals surface area (Å²) in [6, 6.07) is 10.4. The maximum atomic E-state index is 11.4. The molecule has 2 aromatic carbocycles. The van der Waals surface area contributed by atoms with Crippen molar-refractivity contribution < 1.29 is 28.7 Å². The summed E-state index contributed by atoms with van der Waals surface area (Å²) < 4.78 is 23.6. The van der Waals surface area contributed by atoms with E-state index in [4.69, 9.17) is 27.8 Å². The number of nitrogens with zero attached hydrogens (tertiary/aromatic N) is 3. The normalized spacial score (nSPS) is 13.1. The summed E-state index contributed by atoms with van der Waals surface area (Å²) in [5.41, 5.74) is 9.64. The third-order valence-corrected chi connectivity index (χ3v) is 7.23. The van der Waals surface area contributed by atoms with Crippen LogP contribution in [-0.2, 0) is 27.6 Å². The van der Waals surface area contributed by atoms with Crippen molar-refractivity contribution in [1.82, 2.24) is 14.5 Å². The van der Waals surface area contributed by atoms with E-state index in [0.29, 0.717) is 42.7 Å². The largest absolute Gasteiger partial charge is 0.524 e. The van der Waals surface area contributed by atoms with Gasteiger partial charge in [-0.1, -0.05) is 52.3 Å². The van der Waals surface area contributed by atoms with Crippen LogP contribution >= 0.6 is 7.82 Å². The number of phenols is 1. The fourth-order valence-electron chi connectivity index (χ4n) is 4.65. The maximum Gasteiger partial charge on any atom is 0.524 e. The number of hydrogen-bond acceptors (Lipinski definition) is 7. The van der Waals surface area contributed by atoms with Crippen LogP contribution in [0.25, 0.3) is 21.9 Å². The number of aryl methyl sites for hydroxylation is 1. The lowest BCUT2D eigenvalue weighted by Crippen LogP contribution is -2.24. The maximum absolute atomic E-state index is 11.4. The number of aromatic hydroxyl groups is 1. The van der Waals surface area contributed by atoms with E-state index in [-0.39, 0.29) is 23.9 Å². The van der Waals surface area contributed by atoms with E-state index in [1.165, 1.54) is 6.07 Å². The van der Waals surface area contributed by atoms with E-state index in [2.05, 4.69) is 11.9 Å². The number of fused-ring (bicyclic) bond motifs is 3. The molecule has 0 fully saturated rings. The summed E-state index contributed by atoms with van der Waals surface area (Å²) in [4.78, 5) is 28.0. The fraction of sp³-hybridized carbons (Fsp3) is 0.448. The number of imidazole rings is 1. The third-order valence-electron chi connectivity index (χ3n) is 6.79. The fourth-order valence-corrected chi connectivity index (χ4v) is 5.05. The smallest absolute Gasteiger partial charge is 0.504 e. The first kappa shape index (κ1) is 32.4. The molecule has 1 atom stereocenters. The number of rotatable bonds is 12. The van der Waals surface area contributed by atoms with Crippen LogP contribution in [0.4, 0.5) is 5.82 Å². The summed E-state index contributed by atoms with van der Waals surface area (Å²) in [5, 5.41) is 11.0. The molecule has 0 spiro atoms. The minimum absolute atomic E-state index is 0.159. The van der Waals surface area contributed by atoms with Crippen molar-refractivity contribution in [2.24, 2.45) is 0 Å². The molecule has 0 aliphatic rings. The first-order valence-corrected chi connectivity index (χ1v) is 15.5. The summed E-state index contributed by atoms with van der Waals surface area (Å²) in [5.74, 6) is 0.380. The predicted molar refractivity (Wildman–Crippen MR) is 164 cm³/mol. The van der Waals surface area contributed by atoms with Crippen molar-refractivity contribution in [2.45, 2.75) is 72.2 Å². The summed E-state index contributed by atoms with van der Waals surface area (Å²) in [7, 11) is 1.84. The molecular formula is C29H40BN4O6P. The number of phenolic OH excluding ortho intramolecular Hbond substituents is 1. The number of unbranched alkanes of at least 4 members (excludes halogenated alkanes) is 1. The van der Waals surface area contributed by atoms with Crippen LogP contribution in [-0.4, -0.2) is 50.5 Å². The van der Waals surface area contributed by atoms with E-state index < -0.39 is 13.1 Å². The highest BCUT2D eigenvalue weighted by molar-refractivity contribution is 7.46. The van der Waals surface area contributed by atoms with Gasteiger partial charge in [0.1, 0.15) is 11.3 Å². The number of para-hydroxylation sites is 1. The monoisotopic (exact) mass is 582 g/mol. The molecule has 2 radical (unpaired) electrons. The number of pyridine rings is 1. The van der Waals surface area contributed by atoms with Gasteiger partial charge in [0.05, 0.1) is 25.4 Å². The summed E-state index contributed by atoms with van der Waals surface area (Å²) in [6.07, 6.45) is 3.11. The standard InChI is InChI=1S/C27H34BN4O6P.C2H6/c1-4-6-10-22-31-23-24(32(22)16-17-8-7-9-21(25(17)33)38-39(34,35)36)19-15-18(11-12-20(19)30-26(23)29)27(3,28)13-14-37-5-2;1-2/h7-9,11-12,15,33H,4-6,10,13-14,16H2,1-3H3,(H2,29,30)(H2,34,35,36);1-2H3. The molecule has 41 heavy (non-hydrogen) atoms. The number of phosphoric acid groups is 1. The molecular weight excluding hydrogens is 542 g/mol. The van der Waals surface area contributed by atoms with Gasteiger partial charge in [-0.25, -0.2) is 14.5 Å². The van der Waals surface area contributed by atoms with Gasteiger partial charge in [0.25, 0.3) is 0 Å². The Labute approximate surface area is 242 Å². The molecule has 4 aromatic rings. The van der Waals surface area contributed by atoms with Crippen molar-refractivity contribution in [3.63, 3.8) is 0 Å². The molecule has 10 nitrogen and oxygen atoms in total. The van der Waals surface area contributed by atoms with Gasteiger partial charge in [0.2, 0.25) is 0 Å². The van der Waals surface area contributed by atoms with Crippen LogP contribution in [0.3, 0.4) is 0 Å². The van der Waals surface area contributed by atoms with Crippen LogP contribution < -0.4 is 10.3 Å². The van der Waals surface area contributed by atoms with E-state index in [1.54, 1.807) is 12.1 Å². The second kappa shape index (κ2) is 13.7.